The summed E-state index contributed by atoms with van der Waals surface area (Å²) < 4.78 is 5.11. The number of carboxylic acid groups (broad SMARTS) is 1. The van der Waals surface area contributed by atoms with Crippen LogP contribution < -0.4 is 0 Å². The maximum Gasteiger partial charge on any atom is 0.309 e. The molecule has 0 saturated carbocycles. The van der Waals surface area contributed by atoms with E-state index >= 15 is 0 Å². The highest BCUT2D eigenvalue weighted by Crippen LogP contribution is 2.25. The van der Waals surface area contributed by atoms with Crippen molar-refractivity contribution in [2.24, 2.45) is 5.92 Å². The third-order valence-electron chi connectivity index (χ3n) is 5.07. The Morgan fingerprint density at radius 2 is 1.38 bits per heavy atom. The van der Waals surface area contributed by atoms with Crippen LogP contribution in [-0.2, 0) is 9.53 Å². The van der Waals surface area contributed by atoms with Gasteiger partial charge in [0.05, 0.1) is 24.7 Å². The minimum absolute atomic E-state index is 0.0177. The van der Waals surface area contributed by atoms with Gasteiger partial charge < -0.3 is 14.9 Å². The first-order valence-corrected chi connectivity index (χ1v) is 10.2. The highest BCUT2D eigenvalue weighted by atomic mass is 16.6. The van der Waals surface area contributed by atoms with Crippen LogP contribution in [0, 0.1) is 5.92 Å². The lowest BCUT2D eigenvalue weighted by molar-refractivity contribution is -0.142. The lowest BCUT2D eigenvalue weighted by atomic mass is 9.97. The highest BCUT2D eigenvalue weighted by Gasteiger charge is 2.37. The standard InChI is InChI=1S/C20H38O4/c1-2-3-4-10-13-17(21)14-11-8-6-5-7-9-12-15-18(20(22)23)19-16-24-19/h17-19,21H,2-16H2,1H3,(H,22,23). The molecule has 0 bridgehead atoms. The summed E-state index contributed by atoms with van der Waals surface area (Å²) in [4.78, 5) is 11.1. The van der Waals surface area contributed by atoms with E-state index in [1.165, 1.54) is 44.9 Å². The average molecular weight is 343 g/mol. The van der Waals surface area contributed by atoms with Crippen molar-refractivity contribution < 1.29 is 19.7 Å². The molecule has 142 valence electrons. The number of carboxylic acids is 1. The monoisotopic (exact) mass is 342 g/mol. The molecule has 0 aromatic rings. The van der Waals surface area contributed by atoms with Crippen molar-refractivity contribution >= 4 is 5.97 Å². The molecule has 0 amide bonds. The summed E-state index contributed by atoms with van der Waals surface area (Å²) in [5.41, 5.74) is 0. The van der Waals surface area contributed by atoms with Gasteiger partial charge >= 0.3 is 5.97 Å². The van der Waals surface area contributed by atoms with Gasteiger partial charge in [-0.1, -0.05) is 77.6 Å². The SMILES string of the molecule is CCCCCCC(O)CCCCCCCCCC(C(=O)O)C1CO1. The van der Waals surface area contributed by atoms with Gasteiger partial charge in [-0.05, 0) is 19.3 Å². The number of aliphatic hydroxyl groups is 1. The van der Waals surface area contributed by atoms with Gasteiger partial charge in [0, 0.05) is 0 Å². The van der Waals surface area contributed by atoms with Gasteiger partial charge in [0.1, 0.15) is 0 Å². The van der Waals surface area contributed by atoms with Crippen molar-refractivity contribution in [2.75, 3.05) is 6.61 Å². The van der Waals surface area contributed by atoms with E-state index in [2.05, 4.69) is 6.92 Å². The lowest BCUT2D eigenvalue weighted by Crippen LogP contribution is -2.19. The average Bonchev–Trinajstić information content (AvgIpc) is 3.37. The molecule has 2 N–H and O–H groups in total. The summed E-state index contributed by atoms with van der Waals surface area (Å²) >= 11 is 0. The summed E-state index contributed by atoms with van der Waals surface area (Å²) in [5.74, 6) is -0.991. The number of hydrogen-bond donors (Lipinski definition) is 2. The zero-order valence-corrected chi connectivity index (χ0v) is 15.5. The highest BCUT2D eigenvalue weighted by molar-refractivity contribution is 5.71. The molecular weight excluding hydrogens is 304 g/mol. The van der Waals surface area contributed by atoms with Crippen molar-refractivity contribution in [3.63, 3.8) is 0 Å². The quantitative estimate of drug-likeness (QED) is 0.290. The summed E-state index contributed by atoms with van der Waals surface area (Å²) in [6, 6.07) is 0. The minimum atomic E-state index is -0.703. The molecule has 0 radical (unpaired) electrons. The lowest BCUT2D eigenvalue weighted by Gasteiger charge is -2.10. The van der Waals surface area contributed by atoms with E-state index in [0.717, 1.165) is 44.9 Å². The van der Waals surface area contributed by atoms with Gasteiger partial charge in [0.2, 0.25) is 0 Å². The van der Waals surface area contributed by atoms with Crippen molar-refractivity contribution in [1.82, 2.24) is 0 Å². The largest absolute Gasteiger partial charge is 0.481 e. The second-order valence-corrected chi connectivity index (χ2v) is 7.37. The summed E-state index contributed by atoms with van der Waals surface area (Å²) in [5, 5.41) is 19.0. The van der Waals surface area contributed by atoms with Crippen molar-refractivity contribution in [3.05, 3.63) is 0 Å². The Labute approximate surface area is 148 Å². The molecular formula is C20H38O4. The van der Waals surface area contributed by atoms with Gasteiger partial charge in [-0.15, -0.1) is 0 Å². The molecule has 24 heavy (non-hydrogen) atoms. The third-order valence-corrected chi connectivity index (χ3v) is 5.07. The summed E-state index contributed by atoms with van der Waals surface area (Å²) in [7, 11) is 0. The van der Waals surface area contributed by atoms with E-state index < -0.39 is 5.97 Å². The number of rotatable bonds is 17. The fourth-order valence-electron chi connectivity index (χ4n) is 3.34. The summed E-state index contributed by atoms with van der Waals surface area (Å²) in [6.07, 6.45) is 15.6. The number of aliphatic carboxylic acids is 1. The Balaban J connectivity index is 1.82. The topological polar surface area (TPSA) is 70.1 Å². The smallest absolute Gasteiger partial charge is 0.309 e. The summed E-state index contributed by atoms with van der Waals surface area (Å²) in [6.45, 7) is 2.84. The second kappa shape index (κ2) is 13.7. The molecule has 1 fully saturated rings. The molecule has 0 aromatic heterocycles. The number of unbranched alkanes of at least 4 members (excludes halogenated alkanes) is 9. The van der Waals surface area contributed by atoms with Crippen LogP contribution in [0.25, 0.3) is 0 Å². The molecule has 4 nitrogen and oxygen atoms in total. The maximum atomic E-state index is 11.1. The van der Waals surface area contributed by atoms with Crippen molar-refractivity contribution in [2.45, 2.75) is 109 Å². The van der Waals surface area contributed by atoms with Gasteiger partial charge in [-0.3, -0.25) is 4.79 Å². The van der Waals surface area contributed by atoms with E-state index in [9.17, 15) is 9.90 Å². The molecule has 1 saturated heterocycles. The Hall–Kier alpha value is -0.610. The zero-order valence-electron chi connectivity index (χ0n) is 15.5. The van der Waals surface area contributed by atoms with E-state index in [4.69, 9.17) is 9.84 Å². The number of aliphatic hydroxyl groups excluding tert-OH is 1. The molecule has 1 aliphatic heterocycles. The van der Waals surface area contributed by atoms with E-state index in [0.29, 0.717) is 6.61 Å². The van der Waals surface area contributed by atoms with Crippen molar-refractivity contribution in [1.29, 1.82) is 0 Å². The normalized spacial score (nSPS) is 19.2. The van der Waals surface area contributed by atoms with Crippen molar-refractivity contribution in [3.8, 4) is 0 Å². The number of epoxide rings is 1. The van der Waals surface area contributed by atoms with E-state index in [1.54, 1.807) is 0 Å². The van der Waals surface area contributed by atoms with Crippen LogP contribution in [0.4, 0.5) is 0 Å². The van der Waals surface area contributed by atoms with Gasteiger partial charge in [-0.25, -0.2) is 0 Å². The fourth-order valence-corrected chi connectivity index (χ4v) is 3.34. The molecule has 1 aliphatic rings. The number of hydrogen-bond acceptors (Lipinski definition) is 3. The first-order valence-electron chi connectivity index (χ1n) is 10.2. The minimum Gasteiger partial charge on any atom is -0.481 e. The third kappa shape index (κ3) is 11.0. The van der Waals surface area contributed by atoms with Crippen LogP contribution >= 0.6 is 0 Å². The van der Waals surface area contributed by atoms with Crippen LogP contribution in [0.1, 0.15) is 96.8 Å². The zero-order chi connectivity index (χ0) is 17.6. The molecule has 1 rings (SSSR count). The van der Waals surface area contributed by atoms with Gasteiger partial charge in [0.25, 0.3) is 0 Å². The Bertz CT molecular complexity index is 315. The predicted octanol–water partition coefficient (Wildman–Crippen LogP) is 4.93. The molecule has 3 atom stereocenters. The predicted molar refractivity (Wildman–Crippen MR) is 97.2 cm³/mol. The molecule has 0 spiro atoms. The van der Waals surface area contributed by atoms with Crippen LogP contribution in [0.2, 0.25) is 0 Å². The van der Waals surface area contributed by atoms with Crippen LogP contribution in [-0.4, -0.2) is 35.0 Å². The van der Waals surface area contributed by atoms with E-state index in [-0.39, 0.29) is 18.1 Å². The van der Waals surface area contributed by atoms with E-state index in [1.807, 2.05) is 0 Å². The maximum absolute atomic E-state index is 11.1. The molecule has 0 aromatic carbocycles. The molecule has 3 unspecified atom stereocenters. The van der Waals surface area contributed by atoms with Crippen LogP contribution in [0.5, 0.6) is 0 Å². The van der Waals surface area contributed by atoms with Gasteiger partial charge in [0.15, 0.2) is 0 Å². The first-order chi connectivity index (χ1) is 11.6. The molecule has 1 heterocycles. The van der Waals surface area contributed by atoms with Crippen LogP contribution in [0.3, 0.4) is 0 Å². The Morgan fingerprint density at radius 3 is 1.83 bits per heavy atom. The Kier molecular flexibility index (Phi) is 12.2. The second-order valence-electron chi connectivity index (χ2n) is 7.37. The Morgan fingerprint density at radius 1 is 0.917 bits per heavy atom. The molecule has 0 aliphatic carbocycles. The number of carbonyl (C=O) groups is 1. The fraction of sp³-hybridized carbons (Fsp3) is 0.950. The first kappa shape index (κ1) is 21.4. The van der Waals surface area contributed by atoms with Crippen LogP contribution in [0.15, 0.2) is 0 Å². The molecule has 4 heteroatoms. The number of ether oxygens (including phenoxy) is 1. The van der Waals surface area contributed by atoms with Gasteiger partial charge in [-0.2, -0.15) is 0 Å².